The molecule has 3 N–H and O–H groups in total. The van der Waals surface area contributed by atoms with Crippen LogP contribution in [-0.2, 0) is 12.0 Å². The summed E-state index contributed by atoms with van der Waals surface area (Å²) < 4.78 is 0. The Balaban J connectivity index is 0.00000312. The van der Waals surface area contributed by atoms with E-state index < -0.39 is 5.60 Å². The van der Waals surface area contributed by atoms with E-state index in [1.165, 1.54) is 4.88 Å². The molecule has 25 heavy (non-hydrogen) atoms. The summed E-state index contributed by atoms with van der Waals surface area (Å²) in [5, 5.41) is 20.2. The first-order valence-electron chi connectivity index (χ1n) is 8.14. The van der Waals surface area contributed by atoms with Crippen molar-refractivity contribution in [3.63, 3.8) is 0 Å². The molecule has 0 aliphatic heterocycles. The zero-order valence-corrected chi connectivity index (χ0v) is 19.1. The van der Waals surface area contributed by atoms with Crippen LogP contribution in [0.3, 0.4) is 0 Å². The maximum atomic E-state index is 10.6. The van der Waals surface area contributed by atoms with Crippen LogP contribution in [0, 0.1) is 13.8 Å². The highest BCUT2D eigenvalue weighted by Gasteiger charge is 2.23. The van der Waals surface area contributed by atoms with Gasteiger partial charge in [0.05, 0.1) is 17.2 Å². The minimum absolute atomic E-state index is 0. The predicted octanol–water partition coefficient (Wildman–Crippen LogP) is 3.44. The highest BCUT2D eigenvalue weighted by Crippen LogP contribution is 2.25. The fourth-order valence-electron chi connectivity index (χ4n) is 2.34. The number of nitrogens with zero attached hydrogens (tertiary/aromatic N) is 2. The van der Waals surface area contributed by atoms with E-state index in [1.807, 2.05) is 31.4 Å². The first-order chi connectivity index (χ1) is 11.4. The number of aromatic nitrogens is 1. The van der Waals surface area contributed by atoms with Gasteiger partial charge in [-0.1, -0.05) is 6.07 Å². The van der Waals surface area contributed by atoms with Gasteiger partial charge >= 0.3 is 0 Å². The summed E-state index contributed by atoms with van der Waals surface area (Å²) in [4.78, 5) is 11.2. The van der Waals surface area contributed by atoms with Crippen molar-refractivity contribution in [1.29, 1.82) is 0 Å². The summed E-state index contributed by atoms with van der Waals surface area (Å²) in [7, 11) is 0. The number of aryl methyl sites for hydroxylation is 2. The second-order valence-electron chi connectivity index (χ2n) is 5.86. The molecule has 2 aromatic heterocycles. The molecule has 1 atom stereocenters. The van der Waals surface area contributed by atoms with E-state index in [9.17, 15) is 5.11 Å². The molecule has 2 heterocycles. The number of aliphatic hydroxyl groups is 1. The largest absolute Gasteiger partial charge is 0.383 e. The zero-order valence-electron chi connectivity index (χ0n) is 15.1. The maximum Gasteiger partial charge on any atom is 0.191 e. The number of guanidine groups is 1. The molecule has 0 aliphatic carbocycles. The molecule has 1 unspecified atom stereocenters. The average Bonchev–Trinajstić information content (AvgIpc) is 3.15. The third-order valence-electron chi connectivity index (χ3n) is 3.59. The molecule has 0 radical (unpaired) electrons. The lowest BCUT2D eigenvalue weighted by Crippen LogP contribution is -2.39. The summed E-state index contributed by atoms with van der Waals surface area (Å²) in [5.41, 5.74) is 0.170. The molecule has 8 heteroatoms. The van der Waals surface area contributed by atoms with Gasteiger partial charge in [0.15, 0.2) is 5.96 Å². The number of hydrogen-bond acceptors (Lipinski definition) is 5. The Morgan fingerprint density at radius 2 is 2.12 bits per heavy atom. The number of hydrogen-bond donors (Lipinski definition) is 3. The Morgan fingerprint density at radius 1 is 1.36 bits per heavy atom. The predicted molar refractivity (Wildman–Crippen MR) is 119 cm³/mol. The van der Waals surface area contributed by atoms with Gasteiger partial charge in [-0.2, -0.15) is 0 Å². The molecule has 0 amide bonds. The van der Waals surface area contributed by atoms with Gasteiger partial charge in [-0.05, 0) is 39.1 Å². The summed E-state index contributed by atoms with van der Waals surface area (Å²) in [6.07, 6.45) is 0.920. The number of rotatable bonds is 7. The smallest absolute Gasteiger partial charge is 0.191 e. The normalized spacial score (nSPS) is 13.9. The maximum absolute atomic E-state index is 10.6. The Morgan fingerprint density at radius 3 is 2.68 bits per heavy atom. The monoisotopic (exact) mass is 494 g/mol. The second-order valence-corrected chi connectivity index (χ2v) is 8.10. The SMILES string of the molecule is CCNC(=NCC(C)(O)c1cccs1)NCCc1sc(C)nc1C.I. The minimum Gasteiger partial charge on any atom is -0.383 e. The van der Waals surface area contributed by atoms with Crippen molar-refractivity contribution in [1.82, 2.24) is 15.6 Å². The van der Waals surface area contributed by atoms with E-state index in [2.05, 4.69) is 27.5 Å². The lowest BCUT2D eigenvalue weighted by molar-refractivity contribution is 0.0711. The van der Waals surface area contributed by atoms with Crippen LogP contribution in [0.15, 0.2) is 22.5 Å². The Hall–Kier alpha value is -0.710. The van der Waals surface area contributed by atoms with Gasteiger partial charge in [0, 0.05) is 29.3 Å². The second kappa shape index (κ2) is 10.4. The number of halogens is 1. The lowest BCUT2D eigenvalue weighted by atomic mass is 10.1. The average molecular weight is 494 g/mol. The van der Waals surface area contributed by atoms with Gasteiger partial charge in [-0.15, -0.1) is 46.7 Å². The number of aliphatic imine (C=N–C) groups is 1. The van der Waals surface area contributed by atoms with E-state index in [1.54, 1.807) is 29.6 Å². The summed E-state index contributed by atoms with van der Waals surface area (Å²) in [6, 6.07) is 3.89. The fourth-order valence-corrected chi connectivity index (χ4v) is 4.05. The van der Waals surface area contributed by atoms with Crippen LogP contribution in [-0.4, -0.2) is 35.7 Å². The lowest BCUT2D eigenvalue weighted by Gasteiger charge is -2.20. The highest BCUT2D eigenvalue weighted by atomic mass is 127. The van der Waals surface area contributed by atoms with Gasteiger partial charge in [-0.25, -0.2) is 9.98 Å². The van der Waals surface area contributed by atoms with Crippen LogP contribution in [0.5, 0.6) is 0 Å². The van der Waals surface area contributed by atoms with E-state index in [0.717, 1.165) is 41.0 Å². The van der Waals surface area contributed by atoms with Crippen LogP contribution < -0.4 is 10.6 Å². The van der Waals surface area contributed by atoms with Gasteiger partial charge in [0.1, 0.15) is 5.60 Å². The van der Waals surface area contributed by atoms with Gasteiger partial charge in [0.2, 0.25) is 0 Å². The highest BCUT2D eigenvalue weighted by molar-refractivity contribution is 14.0. The van der Waals surface area contributed by atoms with Crippen LogP contribution in [0.1, 0.15) is 34.3 Å². The summed E-state index contributed by atoms with van der Waals surface area (Å²) >= 11 is 3.29. The summed E-state index contributed by atoms with van der Waals surface area (Å²) in [6.45, 7) is 9.81. The van der Waals surface area contributed by atoms with E-state index >= 15 is 0 Å². The van der Waals surface area contributed by atoms with Crippen molar-refractivity contribution in [2.24, 2.45) is 4.99 Å². The molecule has 2 rings (SSSR count). The van der Waals surface area contributed by atoms with Gasteiger partial charge in [0.25, 0.3) is 0 Å². The number of thiophene rings is 1. The fraction of sp³-hybridized carbons (Fsp3) is 0.529. The van der Waals surface area contributed by atoms with Crippen molar-refractivity contribution in [2.45, 2.75) is 39.7 Å². The topological polar surface area (TPSA) is 69.5 Å². The number of nitrogens with one attached hydrogen (secondary N) is 2. The molecule has 2 aromatic rings. The number of thiazole rings is 1. The Bertz CT molecular complexity index is 668. The van der Waals surface area contributed by atoms with E-state index in [0.29, 0.717) is 6.54 Å². The van der Waals surface area contributed by atoms with Crippen molar-refractivity contribution in [2.75, 3.05) is 19.6 Å². The molecule has 0 fully saturated rings. The van der Waals surface area contributed by atoms with Crippen molar-refractivity contribution in [3.05, 3.63) is 38.0 Å². The molecule has 140 valence electrons. The molecule has 5 nitrogen and oxygen atoms in total. The molecule has 0 spiro atoms. The quantitative estimate of drug-likeness (QED) is 0.314. The standard InChI is InChI=1S/C17H26N4OS2.HI/c1-5-18-16(19-9-8-14-12(2)21-13(3)24-14)20-11-17(4,22)15-7-6-10-23-15;/h6-7,10,22H,5,8-9,11H2,1-4H3,(H2,18,19,20);1H. The van der Waals surface area contributed by atoms with Gasteiger partial charge < -0.3 is 15.7 Å². The Labute approximate surface area is 175 Å². The van der Waals surface area contributed by atoms with Crippen LogP contribution in [0.25, 0.3) is 0 Å². The van der Waals surface area contributed by atoms with Crippen molar-refractivity contribution in [3.8, 4) is 0 Å². The van der Waals surface area contributed by atoms with Crippen LogP contribution >= 0.6 is 46.7 Å². The summed E-state index contributed by atoms with van der Waals surface area (Å²) in [5.74, 6) is 0.730. The molecule has 0 aromatic carbocycles. The molecular weight excluding hydrogens is 467 g/mol. The van der Waals surface area contributed by atoms with E-state index in [4.69, 9.17) is 0 Å². The van der Waals surface area contributed by atoms with E-state index in [-0.39, 0.29) is 24.0 Å². The first kappa shape index (κ1) is 22.3. The van der Waals surface area contributed by atoms with Crippen molar-refractivity contribution >= 4 is 52.6 Å². The van der Waals surface area contributed by atoms with Crippen LogP contribution in [0.4, 0.5) is 0 Å². The molecule has 0 bridgehead atoms. The van der Waals surface area contributed by atoms with Crippen molar-refractivity contribution < 1.29 is 5.11 Å². The molecule has 0 saturated heterocycles. The molecule has 0 saturated carbocycles. The minimum atomic E-state index is -0.943. The molecule has 0 aliphatic rings. The molecular formula is C17H27IN4OS2. The third-order valence-corrected chi connectivity index (χ3v) is 5.84. The third kappa shape index (κ3) is 6.84. The van der Waals surface area contributed by atoms with Crippen LogP contribution in [0.2, 0.25) is 0 Å². The Kier molecular flexibility index (Phi) is 9.33. The first-order valence-corrected chi connectivity index (χ1v) is 9.83. The zero-order chi connectivity index (χ0) is 17.6. The van der Waals surface area contributed by atoms with Gasteiger partial charge in [-0.3, -0.25) is 0 Å².